The fourth-order valence-electron chi connectivity index (χ4n) is 4.64. The van der Waals surface area contributed by atoms with E-state index in [1.807, 2.05) is 0 Å². The van der Waals surface area contributed by atoms with Gasteiger partial charge in [-0.2, -0.15) is 0 Å². The summed E-state index contributed by atoms with van der Waals surface area (Å²) in [6, 6.07) is 1.54. The van der Waals surface area contributed by atoms with Gasteiger partial charge < -0.3 is 10.2 Å². The van der Waals surface area contributed by atoms with E-state index in [-0.39, 0.29) is 0 Å². The van der Waals surface area contributed by atoms with Gasteiger partial charge in [-0.05, 0) is 51.1 Å². The van der Waals surface area contributed by atoms with Gasteiger partial charge in [-0.1, -0.05) is 39.5 Å². The molecule has 2 saturated carbocycles. The Kier molecular flexibility index (Phi) is 5.30. The molecule has 0 bridgehead atoms. The first-order valence-corrected chi connectivity index (χ1v) is 8.42. The standard InChI is InChI=1S/C17H34N2/c1-17(2)12-8-9-14(16(17)18-3)13-19(4)15-10-6-5-7-11-15/h14-16,18H,5-13H2,1-4H3. The van der Waals surface area contributed by atoms with Crippen LogP contribution in [0, 0.1) is 11.3 Å². The summed E-state index contributed by atoms with van der Waals surface area (Å²) in [5.74, 6) is 0.834. The predicted molar refractivity (Wildman–Crippen MR) is 83.5 cm³/mol. The van der Waals surface area contributed by atoms with E-state index in [0.29, 0.717) is 11.5 Å². The summed E-state index contributed by atoms with van der Waals surface area (Å²) in [4.78, 5) is 2.68. The molecule has 2 unspecified atom stereocenters. The van der Waals surface area contributed by atoms with Crippen molar-refractivity contribution in [2.24, 2.45) is 11.3 Å². The molecule has 2 fully saturated rings. The van der Waals surface area contributed by atoms with E-state index < -0.39 is 0 Å². The van der Waals surface area contributed by atoms with Crippen molar-refractivity contribution in [1.29, 1.82) is 0 Å². The molecular weight excluding hydrogens is 232 g/mol. The topological polar surface area (TPSA) is 15.3 Å². The molecule has 2 aliphatic rings. The lowest BCUT2D eigenvalue weighted by molar-refractivity contribution is 0.0717. The van der Waals surface area contributed by atoms with Crippen molar-refractivity contribution in [1.82, 2.24) is 10.2 Å². The number of hydrogen-bond acceptors (Lipinski definition) is 2. The number of rotatable bonds is 4. The van der Waals surface area contributed by atoms with E-state index in [9.17, 15) is 0 Å². The van der Waals surface area contributed by atoms with Crippen LogP contribution in [-0.2, 0) is 0 Å². The minimum absolute atomic E-state index is 0.463. The second-order valence-corrected chi connectivity index (χ2v) is 7.64. The number of nitrogens with zero attached hydrogens (tertiary/aromatic N) is 1. The van der Waals surface area contributed by atoms with Gasteiger partial charge in [0, 0.05) is 18.6 Å². The van der Waals surface area contributed by atoms with E-state index in [1.54, 1.807) is 0 Å². The van der Waals surface area contributed by atoms with Gasteiger partial charge in [-0.25, -0.2) is 0 Å². The van der Waals surface area contributed by atoms with Crippen LogP contribution in [-0.4, -0.2) is 37.6 Å². The van der Waals surface area contributed by atoms with Gasteiger partial charge in [0.15, 0.2) is 0 Å². The van der Waals surface area contributed by atoms with Crippen LogP contribution < -0.4 is 5.32 Å². The van der Waals surface area contributed by atoms with Gasteiger partial charge in [0.05, 0.1) is 0 Å². The maximum absolute atomic E-state index is 3.63. The van der Waals surface area contributed by atoms with Crippen LogP contribution in [0.4, 0.5) is 0 Å². The van der Waals surface area contributed by atoms with Gasteiger partial charge >= 0.3 is 0 Å². The maximum Gasteiger partial charge on any atom is 0.0156 e. The van der Waals surface area contributed by atoms with Crippen LogP contribution in [0.25, 0.3) is 0 Å². The summed E-state index contributed by atoms with van der Waals surface area (Å²) < 4.78 is 0. The Morgan fingerprint density at radius 2 is 1.74 bits per heavy atom. The third-order valence-corrected chi connectivity index (χ3v) is 5.74. The zero-order chi connectivity index (χ0) is 13.9. The largest absolute Gasteiger partial charge is 0.316 e. The molecule has 0 aliphatic heterocycles. The zero-order valence-corrected chi connectivity index (χ0v) is 13.5. The Morgan fingerprint density at radius 1 is 1.05 bits per heavy atom. The summed E-state index contributed by atoms with van der Waals surface area (Å²) >= 11 is 0. The van der Waals surface area contributed by atoms with Gasteiger partial charge in [-0.15, -0.1) is 0 Å². The first-order chi connectivity index (χ1) is 9.04. The number of nitrogens with one attached hydrogen (secondary N) is 1. The van der Waals surface area contributed by atoms with E-state index in [4.69, 9.17) is 0 Å². The van der Waals surface area contributed by atoms with Crippen molar-refractivity contribution in [3.8, 4) is 0 Å². The molecule has 0 heterocycles. The molecule has 0 aromatic carbocycles. The van der Waals surface area contributed by atoms with Crippen molar-refractivity contribution in [2.75, 3.05) is 20.6 Å². The van der Waals surface area contributed by atoms with Crippen molar-refractivity contribution < 1.29 is 0 Å². The van der Waals surface area contributed by atoms with E-state index >= 15 is 0 Å². The molecule has 0 aromatic rings. The van der Waals surface area contributed by atoms with Gasteiger partial charge in [-0.3, -0.25) is 0 Å². The summed E-state index contributed by atoms with van der Waals surface area (Å²) in [6.45, 7) is 6.18. The molecule has 2 nitrogen and oxygen atoms in total. The highest BCUT2D eigenvalue weighted by atomic mass is 15.1. The quantitative estimate of drug-likeness (QED) is 0.835. The van der Waals surface area contributed by atoms with Crippen molar-refractivity contribution in [3.63, 3.8) is 0 Å². The van der Waals surface area contributed by atoms with Crippen LogP contribution in [0.5, 0.6) is 0 Å². The monoisotopic (exact) mass is 266 g/mol. The summed E-state index contributed by atoms with van der Waals surface area (Å²) in [6.07, 6.45) is 11.4. The lowest BCUT2D eigenvalue weighted by atomic mass is 9.67. The van der Waals surface area contributed by atoms with Crippen LogP contribution in [0.1, 0.15) is 65.2 Å². The molecule has 2 aliphatic carbocycles. The average Bonchev–Trinajstić information content (AvgIpc) is 2.39. The van der Waals surface area contributed by atoms with E-state index in [1.165, 1.54) is 57.9 Å². The second kappa shape index (κ2) is 6.58. The molecule has 2 heteroatoms. The normalized spacial score (nSPS) is 32.7. The Labute approximate surface area is 120 Å². The Morgan fingerprint density at radius 3 is 2.37 bits per heavy atom. The second-order valence-electron chi connectivity index (χ2n) is 7.64. The minimum atomic E-state index is 0.463. The molecule has 19 heavy (non-hydrogen) atoms. The van der Waals surface area contributed by atoms with Crippen LogP contribution in [0.3, 0.4) is 0 Å². The van der Waals surface area contributed by atoms with E-state index in [0.717, 1.165) is 12.0 Å². The summed E-state index contributed by atoms with van der Waals surface area (Å²) in [5.41, 5.74) is 0.463. The SMILES string of the molecule is CNC1C(CN(C)C2CCCCC2)CCCC1(C)C. The lowest BCUT2D eigenvalue weighted by Gasteiger charge is -2.46. The third kappa shape index (κ3) is 3.72. The van der Waals surface area contributed by atoms with Crippen molar-refractivity contribution in [2.45, 2.75) is 77.3 Å². The van der Waals surface area contributed by atoms with Crippen molar-refractivity contribution >= 4 is 0 Å². The highest BCUT2D eigenvalue weighted by Gasteiger charge is 2.38. The van der Waals surface area contributed by atoms with Crippen LogP contribution >= 0.6 is 0 Å². The first kappa shape index (κ1) is 15.3. The Balaban J connectivity index is 1.92. The fourth-order valence-corrected chi connectivity index (χ4v) is 4.64. The lowest BCUT2D eigenvalue weighted by Crippen LogP contribution is -2.52. The van der Waals surface area contributed by atoms with Gasteiger partial charge in [0.25, 0.3) is 0 Å². The molecule has 0 radical (unpaired) electrons. The molecular formula is C17H34N2. The average molecular weight is 266 g/mol. The summed E-state index contributed by atoms with van der Waals surface area (Å²) in [5, 5.41) is 3.63. The molecule has 112 valence electrons. The smallest absolute Gasteiger partial charge is 0.0156 e. The van der Waals surface area contributed by atoms with Crippen LogP contribution in [0.2, 0.25) is 0 Å². The van der Waals surface area contributed by atoms with Gasteiger partial charge in [0.2, 0.25) is 0 Å². The highest BCUT2D eigenvalue weighted by molar-refractivity contribution is 4.94. The fraction of sp³-hybridized carbons (Fsp3) is 1.00. The summed E-state index contributed by atoms with van der Waals surface area (Å²) in [7, 11) is 4.52. The third-order valence-electron chi connectivity index (χ3n) is 5.74. The molecule has 2 rings (SSSR count). The Bertz CT molecular complexity index is 268. The Hall–Kier alpha value is -0.0800. The van der Waals surface area contributed by atoms with Crippen LogP contribution in [0.15, 0.2) is 0 Å². The molecule has 1 N–H and O–H groups in total. The molecule has 0 spiro atoms. The molecule has 0 saturated heterocycles. The van der Waals surface area contributed by atoms with Crippen molar-refractivity contribution in [3.05, 3.63) is 0 Å². The molecule has 0 aromatic heterocycles. The molecule has 0 amide bonds. The highest BCUT2D eigenvalue weighted by Crippen LogP contribution is 2.39. The first-order valence-electron chi connectivity index (χ1n) is 8.42. The van der Waals surface area contributed by atoms with Gasteiger partial charge in [0.1, 0.15) is 0 Å². The predicted octanol–water partition coefficient (Wildman–Crippen LogP) is 3.67. The maximum atomic E-state index is 3.63. The molecule has 2 atom stereocenters. The van der Waals surface area contributed by atoms with E-state index in [2.05, 4.69) is 38.2 Å². The zero-order valence-electron chi connectivity index (χ0n) is 13.5. The minimum Gasteiger partial charge on any atom is -0.316 e. The number of hydrogen-bond donors (Lipinski definition) is 1.